The summed E-state index contributed by atoms with van der Waals surface area (Å²) in [4.78, 5) is 37.0. The van der Waals surface area contributed by atoms with Gasteiger partial charge in [-0.15, -0.1) is 0 Å². The molecule has 3 N–H and O–H groups in total. The fourth-order valence-corrected chi connectivity index (χ4v) is 3.92. The number of halogens is 1. The first-order valence-electron chi connectivity index (χ1n) is 9.82. The average molecular weight is 487 g/mol. The molecule has 0 amide bonds. The van der Waals surface area contributed by atoms with Crippen molar-refractivity contribution in [2.75, 3.05) is 20.8 Å². The Hall–Kier alpha value is -2.63. The third-order valence-electron chi connectivity index (χ3n) is 4.63. The number of benzene rings is 1. The van der Waals surface area contributed by atoms with E-state index in [0.717, 1.165) is 19.2 Å². The van der Waals surface area contributed by atoms with Crippen molar-refractivity contribution < 1.29 is 32.8 Å². The molecule has 2 aromatic rings. The van der Waals surface area contributed by atoms with Gasteiger partial charge in [0.15, 0.2) is 0 Å². The van der Waals surface area contributed by atoms with Crippen molar-refractivity contribution in [3.8, 4) is 5.75 Å². The van der Waals surface area contributed by atoms with Gasteiger partial charge in [-0.1, -0.05) is 18.2 Å². The molecule has 0 fully saturated rings. The summed E-state index contributed by atoms with van der Waals surface area (Å²) in [5, 5.41) is 13.5. The van der Waals surface area contributed by atoms with Crippen LogP contribution in [0.3, 0.4) is 0 Å². The number of alkyl halides is 1. The number of ether oxygens (including phenoxy) is 2. The first-order valence-corrected chi connectivity index (χ1v) is 11.0. The van der Waals surface area contributed by atoms with Gasteiger partial charge in [0.25, 0.3) is 5.56 Å². The maximum Gasteiger partial charge on any atom is 0.330 e. The number of aromatic amines is 1. The summed E-state index contributed by atoms with van der Waals surface area (Å²) in [6.07, 6.45) is -2.20. The highest BCUT2D eigenvalue weighted by Crippen LogP contribution is 2.37. The quantitative estimate of drug-likeness (QED) is 0.296. The molecule has 5 atom stereocenters. The highest BCUT2D eigenvalue weighted by atomic mass is 31.2. The van der Waals surface area contributed by atoms with Gasteiger partial charge < -0.3 is 23.6 Å². The van der Waals surface area contributed by atoms with Crippen molar-refractivity contribution in [3.05, 3.63) is 63.4 Å². The fraction of sp³-hybridized carbons (Fsp3) is 0.450. The normalized spacial score (nSPS) is 16.8. The standard InChI is InChI=1S/C20H27FN3O8P/c1-13(18(27)30-4)23-33(32-14-8-6-5-7-9-14)31-12-15(29-3)17(26)20(2,21)24-11-10-16(25)22-19(24)28/h5-11,13,15,17,23,26H,12H2,1-4H3,(H,22,25,28)/t13-,15+,17+,20-,33?/m0/s1. The second-order valence-corrected chi connectivity index (χ2v) is 8.27. The molecule has 0 saturated carbocycles. The molecule has 0 radical (unpaired) electrons. The highest BCUT2D eigenvalue weighted by Gasteiger charge is 2.42. The van der Waals surface area contributed by atoms with E-state index >= 15 is 4.39 Å². The van der Waals surface area contributed by atoms with Crippen LogP contribution in [-0.2, 0) is 24.6 Å². The average Bonchev–Trinajstić information content (AvgIpc) is 2.78. The van der Waals surface area contributed by atoms with Crippen LogP contribution in [-0.4, -0.2) is 59.7 Å². The van der Waals surface area contributed by atoms with Gasteiger partial charge in [0, 0.05) is 19.4 Å². The minimum atomic E-state index is -2.65. The predicted molar refractivity (Wildman–Crippen MR) is 117 cm³/mol. The van der Waals surface area contributed by atoms with E-state index in [-0.39, 0.29) is 6.61 Å². The number of para-hydroxylation sites is 1. The molecule has 0 aliphatic heterocycles. The molecule has 1 unspecified atom stereocenters. The van der Waals surface area contributed by atoms with Gasteiger partial charge in [-0.25, -0.2) is 14.3 Å². The molecule has 1 aromatic carbocycles. The summed E-state index contributed by atoms with van der Waals surface area (Å²) in [6.45, 7) is 2.14. The van der Waals surface area contributed by atoms with Crippen LogP contribution < -0.4 is 20.9 Å². The second kappa shape index (κ2) is 12.0. The summed E-state index contributed by atoms with van der Waals surface area (Å²) >= 11 is 0. The maximum absolute atomic E-state index is 15.4. The van der Waals surface area contributed by atoms with Crippen LogP contribution in [0.4, 0.5) is 4.39 Å². The Morgan fingerprint density at radius 3 is 2.52 bits per heavy atom. The molecule has 11 nitrogen and oxygen atoms in total. The Balaban J connectivity index is 2.17. The van der Waals surface area contributed by atoms with E-state index in [1.807, 2.05) is 4.98 Å². The Bertz CT molecular complexity index is 1020. The summed E-state index contributed by atoms with van der Waals surface area (Å²) in [7, 11) is 0.507. The predicted octanol–water partition coefficient (Wildman–Crippen LogP) is 1.03. The molecule has 0 saturated heterocycles. The number of rotatable bonds is 12. The number of H-pyrrole nitrogens is 1. The molecule has 0 spiro atoms. The van der Waals surface area contributed by atoms with Crippen LogP contribution in [0.2, 0.25) is 0 Å². The van der Waals surface area contributed by atoms with Crippen molar-refractivity contribution in [3.63, 3.8) is 0 Å². The molecule has 182 valence electrons. The van der Waals surface area contributed by atoms with Crippen molar-refractivity contribution in [2.45, 2.75) is 37.9 Å². The Morgan fingerprint density at radius 1 is 1.27 bits per heavy atom. The molecule has 1 aromatic heterocycles. The van der Waals surface area contributed by atoms with Crippen molar-refractivity contribution in [1.82, 2.24) is 14.6 Å². The van der Waals surface area contributed by atoms with E-state index < -0.39 is 49.8 Å². The number of hydrogen-bond acceptors (Lipinski definition) is 9. The minimum Gasteiger partial charge on any atom is -0.468 e. The number of nitrogens with zero attached hydrogens (tertiary/aromatic N) is 1. The summed E-state index contributed by atoms with van der Waals surface area (Å²) in [5.41, 5.74) is -1.74. The zero-order valence-electron chi connectivity index (χ0n) is 18.6. The van der Waals surface area contributed by atoms with E-state index in [1.54, 1.807) is 37.3 Å². The minimum absolute atomic E-state index is 0.366. The number of aromatic nitrogens is 2. The van der Waals surface area contributed by atoms with Crippen LogP contribution >= 0.6 is 8.53 Å². The molecule has 0 aliphatic carbocycles. The van der Waals surface area contributed by atoms with E-state index in [9.17, 15) is 19.5 Å². The van der Waals surface area contributed by atoms with Crippen LogP contribution in [0.25, 0.3) is 0 Å². The Kier molecular flexibility index (Phi) is 9.69. The summed E-state index contributed by atoms with van der Waals surface area (Å²) in [5.74, 6) is -2.76. The van der Waals surface area contributed by atoms with E-state index in [1.165, 1.54) is 14.2 Å². The van der Waals surface area contributed by atoms with Crippen LogP contribution in [0, 0.1) is 0 Å². The van der Waals surface area contributed by atoms with Crippen LogP contribution in [0.1, 0.15) is 13.8 Å². The van der Waals surface area contributed by atoms with E-state index in [0.29, 0.717) is 10.3 Å². The zero-order chi connectivity index (χ0) is 24.6. The summed E-state index contributed by atoms with van der Waals surface area (Å²) in [6, 6.07) is 8.78. The zero-order valence-corrected chi connectivity index (χ0v) is 19.5. The van der Waals surface area contributed by atoms with Gasteiger partial charge in [0.1, 0.15) is 24.0 Å². The van der Waals surface area contributed by atoms with Gasteiger partial charge in [0.2, 0.25) is 5.79 Å². The fourth-order valence-electron chi connectivity index (χ4n) is 2.73. The lowest BCUT2D eigenvalue weighted by Gasteiger charge is -2.33. The number of carbonyl (C=O) groups is 1. The van der Waals surface area contributed by atoms with Crippen LogP contribution in [0.5, 0.6) is 5.75 Å². The molecule has 0 bridgehead atoms. The lowest BCUT2D eigenvalue weighted by Crippen LogP contribution is -2.52. The molecule has 33 heavy (non-hydrogen) atoms. The van der Waals surface area contributed by atoms with Gasteiger partial charge in [0.05, 0.1) is 13.7 Å². The number of aliphatic hydroxyl groups is 1. The summed E-state index contributed by atoms with van der Waals surface area (Å²) < 4.78 is 37.3. The molecule has 1 heterocycles. The van der Waals surface area contributed by atoms with E-state index in [2.05, 4.69) is 9.82 Å². The lowest BCUT2D eigenvalue weighted by molar-refractivity contribution is -0.142. The number of hydrogen-bond donors (Lipinski definition) is 3. The lowest BCUT2D eigenvalue weighted by atomic mass is 10.0. The number of methoxy groups -OCH3 is 2. The number of nitrogens with one attached hydrogen (secondary N) is 2. The third kappa shape index (κ3) is 7.18. The van der Waals surface area contributed by atoms with Gasteiger partial charge in [-0.05, 0) is 26.0 Å². The topological polar surface area (TPSA) is 141 Å². The highest BCUT2D eigenvalue weighted by molar-refractivity contribution is 7.45. The van der Waals surface area contributed by atoms with Gasteiger partial charge in [-0.2, -0.15) is 0 Å². The van der Waals surface area contributed by atoms with Gasteiger partial charge in [-0.3, -0.25) is 19.1 Å². The van der Waals surface area contributed by atoms with Crippen molar-refractivity contribution in [2.24, 2.45) is 0 Å². The van der Waals surface area contributed by atoms with Gasteiger partial charge >= 0.3 is 20.2 Å². The molecule has 2 rings (SSSR count). The smallest absolute Gasteiger partial charge is 0.330 e. The molecular formula is C20H27FN3O8P. The van der Waals surface area contributed by atoms with Crippen molar-refractivity contribution in [1.29, 1.82) is 0 Å². The third-order valence-corrected chi connectivity index (χ3v) is 5.99. The number of esters is 1. The first-order chi connectivity index (χ1) is 15.6. The molecule has 0 aliphatic rings. The molecular weight excluding hydrogens is 460 g/mol. The SMILES string of the molecule is COC(=O)[C@H](C)NP(OC[C@@H](OC)[C@@H](O)[C@@](C)(F)n1ccc(=O)[nH]c1=O)Oc1ccccc1. The second-order valence-electron chi connectivity index (χ2n) is 7.05. The number of aliphatic hydroxyl groups excluding tert-OH is 1. The van der Waals surface area contributed by atoms with E-state index in [4.69, 9.17) is 13.8 Å². The van der Waals surface area contributed by atoms with Crippen LogP contribution in [0.15, 0.2) is 52.2 Å². The maximum atomic E-state index is 15.4. The molecule has 13 heteroatoms. The first kappa shape index (κ1) is 26.6. The monoisotopic (exact) mass is 487 g/mol. The number of carbonyl (C=O) groups excluding carboxylic acids is 1. The Labute approximate surface area is 190 Å². The Morgan fingerprint density at radius 2 is 1.94 bits per heavy atom. The van der Waals surface area contributed by atoms with Crippen molar-refractivity contribution >= 4 is 14.5 Å². The largest absolute Gasteiger partial charge is 0.468 e.